The van der Waals surface area contributed by atoms with Crippen molar-refractivity contribution in [2.45, 2.75) is 65.8 Å². The standard InChI is InChI=1S/C22H35N3O2/c1-16-9-10-17(21(2,3)4)15-18(16)19(26)24-11-8-12-25(14-13-24)20(27)23-22(5,6)7/h9-10,15H,8,11-14H2,1-7H3,(H,23,27). The van der Waals surface area contributed by atoms with Crippen molar-refractivity contribution < 1.29 is 9.59 Å². The summed E-state index contributed by atoms with van der Waals surface area (Å²) in [6.07, 6.45) is 0.793. The van der Waals surface area contributed by atoms with Gasteiger partial charge in [-0.15, -0.1) is 0 Å². The van der Waals surface area contributed by atoms with Gasteiger partial charge in [-0.1, -0.05) is 32.9 Å². The molecule has 0 unspecified atom stereocenters. The van der Waals surface area contributed by atoms with Crippen LogP contribution in [0.2, 0.25) is 0 Å². The number of benzene rings is 1. The van der Waals surface area contributed by atoms with Crippen LogP contribution < -0.4 is 5.32 Å². The molecule has 1 fully saturated rings. The molecular formula is C22H35N3O2. The molecule has 0 radical (unpaired) electrons. The fraction of sp³-hybridized carbons (Fsp3) is 0.636. The lowest BCUT2D eigenvalue weighted by atomic mass is 9.85. The Kier molecular flexibility index (Phi) is 6.23. The molecule has 0 aliphatic carbocycles. The number of carbonyl (C=O) groups is 2. The molecule has 1 aromatic carbocycles. The fourth-order valence-corrected chi connectivity index (χ4v) is 3.21. The highest BCUT2D eigenvalue weighted by molar-refractivity contribution is 5.96. The first-order valence-corrected chi connectivity index (χ1v) is 9.86. The van der Waals surface area contributed by atoms with Crippen molar-refractivity contribution in [2.24, 2.45) is 0 Å². The predicted molar refractivity (Wildman–Crippen MR) is 110 cm³/mol. The smallest absolute Gasteiger partial charge is 0.317 e. The van der Waals surface area contributed by atoms with Crippen LogP contribution in [0.25, 0.3) is 0 Å². The minimum Gasteiger partial charge on any atom is -0.337 e. The third-order valence-corrected chi connectivity index (χ3v) is 4.89. The summed E-state index contributed by atoms with van der Waals surface area (Å²) < 4.78 is 0. The number of aryl methyl sites for hydroxylation is 1. The molecule has 1 aliphatic rings. The van der Waals surface area contributed by atoms with Gasteiger partial charge < -0.3 is 15.1 Å². The molecular weight excluding hydrogens is 338 g/mol. The van der Waals surface area contributed by atoms with Crippen LogP contribution in [0.1, 0.15) is 69.4 Å². The van der Waals surface area contributed by atoms with Crippen molar-refractivity contribution in [1.29, 1.82) is 0 Å². The lowest BCUT2D eigenvalue weighted by Crippen LogP contribution is -2.49. The van der Waals surface area contributed by atoms with Crippen LogP contribution in [0.4, 0.5) is 4.79 Å². The summed E-state index contributed by atoms with van der Waals surface area (Å²) in [4.78, 5) is 29.3. The maximum Gasteiger partial charge on any atom is 0.317 e. The molecule has 27 heavy (non-hydrogen) atoms. The summed E-state index contributed by atoms with van der Waals surface area (Å²) in [5.74, 6) is 0.0664. The first-order chi connectivity index (χ1) is 12.4. The molecule has 1 N–H and O–H groups in total. The molecule has 0 bridgehead atoms. The molecule has 0 spiro atoms. The van der Waals surface area contributed by atoms with Crippen molar-refractivity contribution in [3.8, 4) is 0 Å². The summed E-state index contributed by atoms with van der Waals surface area (Å²) in [6.45, 7) is 16.9. The number of carbonyl (C=O) groups excluding carboxylic acids is 2. The van der Waals surface area contributed by atoms with Crippen LogP contribution in [0, 0.1) is 6.92 Å². The molecule has 150 valence electrons. The third kappa shape index (κ3) is 5.72. The van der Waals surface area contributed by atoms with Gasteiger partial charge in [-0.25, -0.2) is 4.79 Å². The van der Waals surface area contributed by atoms with E-state index in [2.05, 4.69) is 32.2 Å². The highest BCUT2D eigenvalue weighted by Crippen LogP contribution is 2.25. The summed E-state index contributed by atoms with van der Waals surface area (Å²) >= 11 is 0. The first kappa shape index (κ1) is 21.3. The molecule has 3 amide bonds. The molecule has 0 saturated carbocycles. The number of amides is 3. The van der Waals surface area contributed by atoms with Gasteiger partial charge in [0.15, 0.2) is 0 Å². The lowest BCUT2D eigenvalue weighted by molar-refractivity contribution is 0.0761. The van der Waals surface area contributed by atoms with Gasteiger partial charge in [0.25, 0.3) is 5.91 Å². The zero-order chi connectivity index (χ0) is 20.4. The monoisotopic (exact) mass is 373 g/mol. The van der Waals surface area contributed by atoms with Crippen LogP contribution in [-0.2, 0) is 5.41 Å². The van der Waals surface area contributed by atoms with Crippen LogP contribution in [0.5, 0.6) is 0 Å². The number of urea groups is 1. The van der Waals surface area contributed by atoms with Crippen LogP contribution in [0.3, 0.4) is 0 Å². The Labute approximate surface area is 164 Å². The van der Waals surface area contributed by atoms with Gasteiger partial charge in [-0.3, -0.25) is 4.79 Å². The maximum absolute atomic E-state index is 13.2. The van der Waals surface area contributed by atoms with E-state index in [1.807, 2.05) is 49.6 Å². The van der Waals surface area contributed by atoms with E-state index in [9.17, 15) is 9.59 Å². The molecule has 1 aromatic rings. The normalized spacial score (nSPS) is 16.1. The van der Waals surface area contributed by atoms with E-state index in [0.29, 0.717) is 26.2 Å². The van der Waals surface area contributed by atoms with Gasteiger partial charge in [0.1, 0.15) is 0 Å². The predicted octanol–water partition coefficient (Wildman–Crippen LogP) is 3.95. The Hall–Kier alpha value is -2.04. The van der Waals surface area contributed by atoms with Gasteiger partial charge in [0.2, 0.25) is 0 Å². The molecule has 5 nitrogen and oxygen atoms in total. The van der Waals surface area contributed by atoms with Crippen LogP contribution >= 0.6 is 0 Å². The zero-order valence-electron chi connectivity index (χ0n) is 18.0. The Morgan fingerprint density at radius 1 is 0.926 bits per heavy atom. The Morgan fingerprint density at radius 2 is 1.52 bits per heavy atom. The van der Waals surface area contributed by atoms with E-state index in [0.717, 1.165) is 23.1 Å². The second kappa shape index (κ2) is 7.91. The average molecular weight is 374 g/mol. The SMILES string of the molecule is Cc1ccc(C(C)(C)C)cc1C(=O)N1CCCN(C(=O)NC(C)(C)C)CC1. The van der Waals surface area contributed by atoms with E-state index in [-0.39, 0.29) is 22.9 Å². The molecule has 0 atom stereocenters. The van der Waals surface area contributed by atoms with Crippen molar-refractivity contribution in [1.82, 2.24) is 15.1 Å². The van der Waals surface area contributed by atoms with E-state index in [4.69, 9.17) is 0 Å². The van der Waals surface area contributed by atoms with E-state index >= 15 is 0 Å². The minimum atomic E-state index is -0.261. The van der Waals surface area contributed by atoms with Gasteiger partial charge in [-0.05, 0) is 56.7 Å². The zero-order valence-corrected chi connectivity index (χ0v) is 18.0. The van der Waals surface area contributed by atoms with Gasteiger partial charge in [0, 0.05) is 37.3 Å². The quantitative estimate of drug-likeness (QED) is 0.810. The van der Waals surface area contributed by atoms with Gasteiger partial charge in [0.05, 0.1) is 0 Å². The van der Waals surface area contributed by atoms with Crippen molar-refractivity contribution in [3.63, 3.8) is 0 Å². The summed E-state index contributed by atoms with van der Waals surface area (Å²) in [7, 11) is 0. The maximum atomic E-state index is 13.2. The summed E-state index contributed by atoms with van der Waals surface area (Å²) in [6, 6.07) is 6.12. The van der Waals surface area contributed by atoms with Crippen molar-refractivity contribution >= 4 is 11.9 Å². The topological polar surface area (TPSA) is 52.7 Å². The number of hydrogen-bond acceptors (Lipinski definition) is 2. The second-order valence-corrected chi connectivity index (χ2v) is 9.59. The van der Waals surface area contributed by atoms with E-state index in [1.165, 1.54) is 0 Å². The minimum absolute atomic E-state index is 0.00333. The Bertz CT molecular complexity index is 698. The highest BCUT2D eigenvalue weighted by Gasteiger charge is 2.26. The first-order valence-electron chi connectivity index (χ1n) is 9.86. The Morgan fingerprint density at radius 3 is 2.11 bits per heavy atom. The summed E-state index contributed by atoms with van der Waals surface area (Å²) in [5.41, 5.74) is 2.68. The molecule has 1 heterocycles. The molecule has 1 saturated heterocycles. The van der Waals surface area contributed by atoms with Crippen molar-refractivity contribution in [3.05, 3.63) is 34.9 Å². The largest absolute Gasteiger partial charge is 0.337 e. The van der Waals surface area contributed by atoms with Crippen LogP contribution in [-0.4, -0.2) is 53.5 Å². The van der Waals surface area contributed by atoms with Gasteiger partial charge >= 0.3 is 6.03 Å². The van der Waals surface area contributed by atoms with Crippen molar-refractivity contribution in [2.75, 3.05) is 26.2 Å². The van der Waals surface area contributed by atoms with E-state index in [1.54, 1.807) is 0 Å². The highest BCUT2D eigenvalue weighted by atomic mass is 16.2. The molecule has 1 aliphatic heterocycles. The molecule has 5 heteroatoms. The number of hydrogen-bond donors (Lipinski definition) is 1. The van der Waals surface area contributed by atoms with Crippen LogP contribution in [0.15, 0.2) is 18.2 Å². The van der Waals surface area contributed by atoms with E-state index < -0.39 is 0 Å². The number of nitrogens with one attached hydrogen (secondary N) is 1. The molecule has 2 rings (SSSR count). The fourth-order valence-electron chi connectivity index (χ4n) is 3.21. The van der Waals surface area contributed by atoms with Gasteiger partial charge in [-0.2, -0.15) is 0 Å². The average Bonchev–Trinajstić information content (AvgIpc) is 2.78. The summed E-state index contributed by atoms with van der Waals surface area (Å²) in [5, 5.41) is 3.01. The molecule has 0 aromatic heterocycles. The number of nitrogens with zero attached hydrogens (tertiary/aromatic N) is 2. The Balaban J connectivity index is 2.12. The lowest BCUT2D eigenvalue weighted by Gasteiger charge is -2.28. The number of rotatable bonds is 1. The third-order valence-electron chi connectivity index (χ3n) is 4.89. The second-order valence-electron chi connectivity index (χ2n) is 9.59.